The average Bonchev–Trinajstić information content (AvgIpc) is 3.65. The molecule has 2 aromatic heterocycles. The van der Waals surface area contributed by atoms with E-state index in [0.717, 1.165) is 55.9 Å². The van der Waals surface area contributed by atoms with Gasteiger partial charge < -0.3 is 0 Å². The summed E-state index contributed by atoms with van der Waals surface area (Å²) in [4.78, 5) is 10.5. The van der Waals surface area contributed by atoms with Gasteiger partial charge in [0, 0.05) is 36.9 Å². The molecule has 0 bridgehead atoms. The Morgan fingerprint density at radius 2 is 0.691 bits per heavy atom. The highest BCUT2D eigenvalue weighted by Crippen LogP contribution is 2.39. The molecular formula is C52H34N2S. The first-order chi connectivity index (χ1) is 27.2. The van der Waals surface area contributed by atoms with Crippen LogP contribution in [-0.4, -0.2) is 9.97 Å². The lowest BCUT2D eigenvalue weighted by Gasteiger charge is -2.14. The molecule has 0 N–H and O–H groups in total. The maximum Gasteiger partial charge on any atom is 0.160 e. The Labute approximate surface area is 324 Å². The van der Waals surface area contributed by atoms with Gasteiger partial charge in [-0.1, -0.05) is 158 Å². The molecule has 0 aliphatic rings. The summed E-state index contributed by atoms with van der Waals surface area (Å²) >= 11 is 1.85. The lowest BCUT2D eigenvalue weighted by atomic mass is 9.94. The molecule has 0 aliphatic heterocycles. The number of aromatic nitrogens is 2. The highest BCUT2D eigenvalue weighted by Gasteiger charge is 2.15. The standard InChI is InChI=1S/C52H34N2S/c1-4-14-35(15-5-1)38-20-12-21-39(28-38)40-22-13-23-42(29-40)48-34-49(54-52(53-48)37-18-8-3-9-19-37)45-31-43(36-16-6-2-7-17-36)30-44(32-45)41-26-27-47-46-24-10-11-25-50(46)55-51(47)33-41/h1-34H. The molecule has 0 fully saturated rings. The second-order valence-electron chi connectivity index (χ2n) is 13.8. The number of rotatable bonds is 7. The predicted molar refractivity (Wildman–Crippen MR) is 233 cm³/mol. The van der Waals surface area contributed by atoms with E-state index in [4.69, 9.17) is 9.97 Å². The largest absolute Gasteiger partial charge is 0.228 e. The van der Waals surface area contributed by atoms with Crippen molar-refractivity contribution < 1.29 is 0 Å². The molecule has 0 atom stereocenters. The summed E-state index contributed by atoms with van der Waals surface area (Å²) in [5, 5.41) is 2.61. The van der Waals surface area contributed by atoms with Gasteiger partial charge in [0.1, 0.15) is 0 Å². The SMILES string of the molecule is c1ccc(-c2cccc(-c3cccc(-c4cc(-c5cc(-c6ccccc6)cc(-c6ccc7c(c6)sc6ccccc67)c5)nc(-c5ccccc5)n4)c3)c2)cc1. The molecule has 0 aliphatic carbocycles. The molecular weight excluding hydrogens is 685 g/mol. The topological polar surface area (TPSA) is 25.8 Å². The van der Waals surface area contributed by atoms with Crippen LogP contribution in [-0.2, 0) is 0 Å². The van der Waals surface area contributed by atoms with E-state index in [1.807, 2.05) is 29.5 Å². The van der Waals surface area contributed by atoms with E-state index in [9.17, 15) is 0 Å². The number of benzene rings is 8. The molecule has 258 valence electrons. The van der Waals surface area contributed by atoms with Crippen molar-refractivity contribution in [3.63, 3.8) is 0 Å². The highest BCUT2D eigenvalue weighted by atomic mass is 32.1. The Balaban J connectivity index is 1.13. The number of hydrogen-bond acceptors (Lipinski definition) is 3. The third kappa shape index (κ3) is 6.52. The van der Waals surface area contributed by atoms with E-state index in [1.165, 1.54) is 36.9 Å². The van der Waals surface area contributed by atoms with Crippen LogP contribution in [0.3, 0.4) is 0 Å². The fraction of sp³-hybridized carbons (Fsp3) is 0. The van der Waals surface area contributed by atoms with Crippen molar-refractivity contribution in [3.8, 4) is 78.4 Å². The molecule has 0 unspecified atom stereocenters. The van der Waals surface area contributed by atoms with Crippen molar-refractivity contribution in [2.45, 2.75) is 0 Å². The second-order valence-corrected chi connectivity index (χ2v) is 14.9. The fourth-order valence-electron chi connectivity index (χ4n) is 7.47. The Bertz CT molecular complexity index is 2970. The molecule has 0 amide bonds. The van der Waals surface area contributed by atoms with Gasteiger partial charge in [-0.2, -0.15) is 0 Å². The third-order valence-electron chi connectivity index (χ3n) is 10.3. The quantitative estimate of drug-likeness (QED) is 0.164. The summed E-state index contributed by atoms with van der Waals surface area (Å²) in [6, 6.07) is 73.5. The Kier molecular flexibility index (Phi) is 8.40. The van der Waals surface area contributed by atoms with Crippen LogP contribution in [0.4, 0.5) is 0 Å². The molecule has 55 heavy (non-hydrogen) atoms. The molecule has 2 nitrogen and oxygen atoms in total. The molecule has 2 heterocycles. The maximum atomic E-state index is 5.26. The second kappa shape index (κ2) is 14.1. The van der Waals surface area contributed by atoms with E-state index in [-0.39, 0.29) is 0 Å². The summed E-state index contributed by atoms with van der Waals surface area (Å²) in [7, 11) is 0. The summed E-state index contributed by atoms with van der Waals surface area (Å²) in [5.41, 5.74) is 14.2. The number of thiophene rings is 1. The van der Waals surface area contributed by atoms with Crippen LogP contribution >= 0.6 is 11.3 Å². The minimum Gasteiger partial charge on any atom is -0.228 e. The zero-order valence-corrected chi connectivity index (χ0v) is 30.7. The van der Waals surface area contributed by atoms with Crippen LogP contribution in [0, 0.1) is 0 Å². The molecule has 0 radical (unpaired) electrons. The summed E-state index contributed by atoms with van der Waals surface area (Å²) in [6.45, 7) is 0. The van der Waals surface area contributed by atoms with Crippen molar-refractivity contribution >= 4 is 31.5 Å². The van der Waals surface area contributed by atoms with Gasteiger partial charge in [0.05, 0.1) is 11.4 Å². The monoisotopic (exact) mass is 718 g/mol. The van der Waals surface area contributed by atoms with Crippen LogP contribution in [0.25, 0.3) is 98.6 Å². The molecule has 0 spiro atoms. The van der Waals surface area contributed by atoms with Gasteiger partial charge in [-0.05, 0) is 93.0 Å². The van der Waals surface area contributed by atoms with Crippen LogP contribution in [0.15, 0.2) is 206 Å². The lowest BCUT2D eigenvalue weighted by molar-refractivity contribution is 1.18. The van der Waals surface area contributed by atoms with E-state index in [2.05, 4.69) is 188 Å². The van der Waals surface area contributed by atoms with Gasteiger partial charge in [0.25, 0.3) is 0 Å². The maximum absolute atomic E-state index is 5.26. The van der Waals surface area contributed by atoms with Crippen molar-refractivity contribution in [3.05, 3.63) is 206 Å². The van der Waals surface area contributed by atoms with Crippen molar-refractivity contribution in [2.24, 2.45) is 0 Å². The lowest BCUT2D eigenvalue weighted by Crippen LogP contribution is -1.97. The molecule has 0 saturated heterocycles. The van der Waals surface area contributed by atoms with Crippen LogP contribution in [0.2, 0.25) is 0 Å². The van der Waals surface area contributed by atoms with E-state index in [0.29, 0.717) is 5.82 Å². The summed E-state index contributed by atoms with van der Waals surface area (Å²) in [5.74, 6) is 0.697. The first-order valence-corrected chi connectivity index (χ1v) is 19.4. The van der Waals surface area contributed by atoms with Crippen LogP contribution in [0.5, 0.6) is 0 Å². The van der Waals surface area contributed by atoms with Gasteiger partial charge in [-0.3, -0.25) is 0 Å². The van der Waals surface area contributed by atoms with Gasteiger partial charge in [0.2, 0.25) is 0 Å². The highest BCUT2D eigenvalue weighted by molar-refractivity contribution is 7.25. The zero-order valence-electron chi connectivity index (χ0n) is 29.9. The predicted octanol–water partition coefficient (Wildman–Crippen LogP) is 14.5. The summed E-state index contributed by atoms with van der Waals surface area (Å²) in [6.07, 6.45) is 0. The first-order valence-electron chi connectivity index (χ1n) is 18.6. The van der Waals surface area contributed by atoms with Crippen LogP contribution < -0.4 is 0 Å². The fourth-order valence-corrected chi connectivity index (χ4v) is 8.62. The Morgan fingerprint density at radius 1 is 0.255 bits per heavy atom. The molecule has 10 aromatic rings. The number of nitrogens with zero attached hydrogens (tertiary/aromatic N) is 2. The molecule has 0 saturated carbocycles. The first kappa shape index (κ1) is 32.7. The van der Waals surface area contributed by atoms with Crippen molar-refractivity contribution in [2.75, 3.05) is 0 Å². The third-order valence-corrected chi connectivity index (χ3v) is 11.4. The molecule has 8 aromatic carbocycles. The van der Waals surface area contributed by atoms with Gasteiger partial charge in [-0.25, -0.2) is 9.97 Å². The molecule has 3 heteroatoms. The van der Waals surface area contributed by atoms with E-state index in [1.54, 1.807) is 0 Å². The van der Waals surface area contributed by atoms with E-state index >= 15 is 0 Å². The smallest absolute Gasteiger partial charge is 0.160 e. The van der Waals surface area contributed by atoms with Crippen molar-refractivity contribution in [1.82, 2.24) is 9.97 Å². The molecule has 10 rings (SSSR count). The average molecular weight is 719 g/mol. The van der Waals surface area contributed by atoms with Gasteiger partial charge >= 0.3 is 0 Å². The minimum atomic E-state index is 0.697. The zero-order chi connectivity index (χ0) is 36.6. The van der Waals surface area contributed by atoms with E-state index < -0.39 is 0 Å². The normalized spacial score (nSPS) is 11.3. The number of fused-ring (bicyclic) bond motifs is 3. The van der Waals surface area contributed by atoms with Crippen molar-refractivity contribution in [1.29, 1.82) is 0 Å². The van der Waals surface area contributed by atoms with Gasteiger partial charge in [0.15, 0.2) is 5.82 Å². The van der Waals surface area contributed by atoms with Crippen LogP contribution in [0.1, 0.15) is 0 Å². The minimum absolute atomic E-state index is 0.697. The Hall–Kier alpha value is -6.94. The Morgan fingerprint density at radius 3 is 1.38 bits per heavy atom. The summed E-state index contributed by atoms with van der Waals surface area (Å²) < 4.78 is 2.60. The van der Waals surface area contributed by atoms with Gasteiger partial charge in [-0.15, -0.1) is 11.3 Å². The number of hydrogen-bond donors (Lipinski definition) is 0.